The van der Waals surface area contributed by atoms with Crippen molar-refractivity contribution in [1.82, 2.24) is 4.47 Å². The van der Waals surface area contributed by atoms with Gasteiger partial charge in [0, 0.05) is 0 Å². The number of hydroxylamine groups is 1. The number of rotatable bonds is 9. The summed E-state index contributed by atoms with van der Waals surface area (Å²) in [6.45, 7) is 2.80. The maximum Gasteiger partial charge on any atom is 0.321 e. The Morgan fingerprint density at radius 3 is 2.23 bits per heavy atom. The SMILES string of the molecule is CC(C)ON(CC(=O)O)S(=O)(=O)c1ccc(OCc2ccccc2)cc1. The Kier molecular flexibility index (Phi) is 6.73. The number of carboxylic acid groups (broad SMARTS) is 1. The second-order valence-electron chi connectivity index (χ2n) is 5.76. The number of aliphatic carboxylic acids is 1. The molecule has 0 unspecified atom stereocenters. The van der Waals surface area contributed by atoms with E-state index in [2.05, 4.69) is 0 Å². The second kappa shape index (κ2) is 8.79. The summed E-state index contributed by atoms with van der Waals surface area (Å²) in [5.41, 5.74) is 0.988. The molecule has 2 rings (SSSR count). The molecule has 0 aliphatic rings. The van der Waals surface area contributed by atoms with Crippen LogP contribution in [0.25, 0.3) is 0 Å². The highest BCUT2D eigenvalue weighted by Gasteiger charge is 2.28. The van der Waals surface area contributed by atoms with E-state index in [9.17, 15) is 13.2 Å². The molecule has 0 fully saturated rings. The zero-order valence-corrected chi connectivity index (χ0v) is 15.3. The molecule has 0 saturated heterocycles. The molecule has 0 radical (unpaired) electrons. The van der Waals surface area contributed by atoms with Crippen molar-refractivity contribution in [3.8, 4) is 5.75 Å². The summed E-state index contributed by atoms with van der Waals surface area (Å²) in [6, 6.07) is 15.3. The highest BCUT2D eigenvalue weighted by Crippen LogP contribution is 2.21. The fraction of sp³-hybridized carbons (Fsp3) is 0.278. The highest BCUT2D eigenvalue weighted by atomic mass is 32.2. The second-order valence-corrected chi connectivity index (χ2v) is 7.59. The van der Waals surface area contributed by atoms with Gasteiger partial charge in [0.2, 0.25) is 0 Å². The molecular formula is C18H21NO6S. The van der Waals surface area contributed by atoms with Crippen LogP contribution in [0.2, 0.25) is 0 Å². The fourth-order valence-electron chi connectivity index (χ4n) is 2.09. The maximum atomic E-state index is 12.6. The van der Waals surface area contributed by atoms with E-state index >= 15 is 0 Å². The molecule has 0 aliphatic heterocycles. The Morgan fingerprint density at radius 2 is 1.69 bits per heavy atom. The van der Waals surface area contributed by atoms with Crippen LogP contribution < -0.4 is 4.74 Å². The van der Waals surface area contributed by atoms with Crippen LogP contribution in [-0.4, -0.2) is 36.6 Å². The van der Waals surface area contributed by atoms with E-state index in [0.717, 1.165) is 5.56 Å². The van der Waals surface area contributed by atoms with Gasteiger partial charge in [0.25, 0.3) is 10.0 Å². The lowest BCUT2D eigenvalue weighted by molar-refractivity contribution is -0.156. The summed E-state index contributed by atoms with van der Waals surface area (Å²) in [5, 5.41) is 8.92. The Labute approximate surface area is 152 Å². The van der Waals surface area contributed by atoms with Gasteiger partial charge in [-0.25, -0.2) is 8.42 Å². The normalized spacial score (nSPS) is 11.7. The first-order valence-corrected chi connectivity index (χ1v) is 9.41. The van der Waals surface area contributed by atoms with Gasteiger partial charge in [-0.3, -0.25) is 9.63 Å². The molecule has 0 amide bonds. The van der Waals surface area contributed by atoms with Gasteiger partial charge in [-0.05, 0) is 43.7 Å². The van der Waals surface area contributed by atoms with Gasteiger partial charge in [0.1, 0.15) is 18.9 Å². The fourth-order valence-corrected chi connectivity index (χ4v) is 3.37. The quantitative estimate of drug-likeness (QED) is 0.674. The van der Waals surface area contributed by atoms with Crippen LogP contribution in [-0.2, 0) is 26.3 Å². The van der Waals surface area contributed by atoms with Gasteiger partial charge in [-0.2, -0.15) is 0 Å². The van der Waals surface area contributed by atoms with Crippen LogP contribution in [0.4, 0.5) is 0 Å². The van der Waals surface area contributed by atoms with Crippen molar-refractivity contribution in [2.24, 2.45) is 0 Å². The number of ether oxygens (including phenoxy) is 1. The van der Waals surface area contributed by atoms with Crippen molar-refractivity contribution >= 4 is 16.0 Å². The Bertz CT molecular complexity index is 819. The maximum absolute atomic E-state index is 12.6. The topological polar surface area (TPSA) is 93.1 Å². The number of carbonyl (C=O) groups is 1. The third-order valence-electron chi connectivity index (χ3n) is 3.23. The summed E-state index contributed by atoms with van der Waals surface area (Å²) in [5.74, 6) is -0.806. The molecule has 0 saturated carbocycles. The molecule has 8 heteroatoms. The molecule has 140 valence electrons. The third kappa shape index (κ3) is 5.55. The molecule has 0 aromatic heterocycles. The summed E-state index contributed by atoms with van der Waals surface area (Å²) >= 11 is 0. The van der Waals surface area contributed by atoms with Gasteiger partial charge in [-0.1, -0.05) is 34.8 Å². The van der Waals surface area contributed by atoms with Crippen LogP contribution in [0.15, 0.2) is 59.5 Å². The number of sulfonamides is 1. The van der Waals surface area contributed by atoms with Gasteiger partial charge in [0.05, 0.1) is 11.0 Å². The molecule has 7 nitrogen and oxygen atoms in total. The van der Waals surface area contributed by atoms with Crippen molar-refractivity contribution in [2.75, 3.05) is 6.54 Å². The Hall–Kier alpha value is -2.42. The molecular weight excluding hydrogens is 358 g/mol. The van der Waals surface area contributed by atoms with E-state index in [4.69, 9.17) is 14.7 Å². The lowest BCUT2D eigenvalue weighted by Gasteiger charge is -2.22. The molecule has 0 heterocycles. The van der Waals surface area contributed by atoms with Crippen LogP contribution >= 0.6 is 0 Å². The molecule has 2 aromatic carbocycles. The average Bonchev–Trinajstić information content (AvgIpc) is 2.60. The highest BCUT2D eigenvalue weighted by molar-refractivity contribution is 7.89. The molecule has 0 aliphatic carbocycles. The van der Waals surface area contributed by atoms with Crippen molar-refractivity contribution in [1.29, 1.82) is 0 Å². The van der Waals surface area contributed by atoms with Crippen molar-refractivity contribution in [2.45, 2.75) is 31.5 Å². The van der Waals surface area contributed by atoms with E-state index in [0.29, 0.717) is 16.8 Å². The minimum absolute atomic E-state index is 0.0774. The lowest BCUT2D eigenvalue weighted by atomic mass is 10.2. The van der Waals surface area contributed by atoms with E-state index in [1.165, 1.54) is 24.3 Å². The minimum Gasteiger partial charge on any atom is -0.489 e. The van der Waals surface area contributed by atoms with Crippen LogP contribution in [0, 0.1) is 0 Å². The number of hydrogen-bond donors (Lipinski definition) is 1. The predicted octanol–water partition coefficient (Wildman–Crippen LogP) is 2.68. The Balaban J connectivity index is 2.12. The van der Waals surface area contributed by atoms with Gasteiger partial charge >= 0.3 is 5.97 Å². The summed E-state index contributed by atoms with van der Waals surface area (Å²) in [6.07, 6.45) is -0.488. The minimum atomic E-state index is -4.10. The van der Waals surface area contributed by atoms with E-state index in [1.54, 1.807) is 13.8 Å². The van der Waals surface area contributed by atoms with Crippen LogP contribution in [0.3, 0.4) is 0 Å². The standard InChI is InChI=1S/C18H21NO6S/c1-14(2)25-19(12-18(20)21)26(22,23)17-10-8-16(9-11-17)24-13-15-6-4-3-5-7-15/h3-11,14H,12-13H2,1-2H3,(H,20,21). The third-order valence-corrected chi connectivity index (χ3v) is 4.85. The molecule has 2 aromatic rings. The van der Waals surface area contributed by atoms with E-state index in [1.807, 2.05) is 30.3 Å². The number of carboxylic acids is 1. The van der Waals surface area contributed by atoms with E-state index in [-0.39, 0.29) is 4.90 Å². The molecule has 0 spiro atoms. The van der Waals surface area contributed by atoms with Crippen LogP contribution in [0.5, 0.6) is 5.75 Å². The number of hydrogen-bond acceptors (Lipinski definition) is 5. The zero-order valence-electron chi connectivity index (χ0n) is 14.5. The zero-order chi connectivity index (χ0) is 19.2. The Morgan fingerprint density at radius 1 is 1.08 bits per heavy atom. The first-order valence-electron chi connectivity index (χ1n) is 7.97. The van der Waals surface area contributed by atoms with Crippen LogP contribution in [0.1, 0.15) is 19.4 Å². The monoisotopic (exact) mass is 379 g/mol. The number of nitrogens with zero attached hydrogens (tertiary/aromatic N) is 1. The first kappa shape index (κ1) is 19.9. The smallest absolute Gasteiger partial charge is 0.321 e. The summed E-state index contributed by atoms with van der Waals surface area (Å²) < 4.78 is 31.3. The summed E-state index contributed by atoms with van der Waals surface area (Å²) in [4.78, 5) is 16.0. The van der Waals surface area contributed by atoms with Crippen molar-refractivity contribution in [3.05, 3.63) is 60.2 Å². The summed E-state index contributed by atoms with van der Waals surface area (Å²) in [7, 11) is -4.10. The lowest BCUT2D eigenvalue weighted by Crippen LogP contribution is -2.37. The molecule has 26 heavy (non-hydrogen) atoms. The average molecular weight is 379 g/mol. The molecule has 1 N–H and O–H groups in total. The molecule has 0 bridgehead atoms. The van der Waals surface area contributed by atoms with Crippen molar-refractivity contribution in [3.63, 3.8) is 0 Å². The van der Waals surface area contributed by atoms with Gasteiger partial charge in [0.15, 0.2) is 0 Å². The van der Waals surface area contributed by atoms with Gasteiger partial charge < -0.3 is 9.84 Å². The number of benzene rings is 2. The van der Waals surface area contributed by atoms with Crippen molar-refractivity contribution < 1.29 is 27.9 Å². The van der Waals surface area contributed by atoms with Gasteiger partial charge in [-0.15, -0.1) is 0 Å². The molecule has 0 atom stereocenters. The first-order chi connectivity index (χ1) is 12.3. The largest absolute Gasteiger partial charge is 0.489 e. The van der Waals surface area contributed by atoms with E-state index < -0.39 is 28.6 Å². The predicted molar refractivity (Wildman–Crippen MR) is 95.0 cm³/mol.